The minimum Gasteiger partial charge on any atom is -0.308 e. The topological polar surface area (TPSA) is 9.86 Å². The molecule has 0 bridgehead atoms. The van der Waals surface area contributed by atoms with E-state index in [0.717, 1.165) is 0 Å². The van der Waals surface area contributed by atoms with Crippen LogP contribution in [0.1, 0.15) is 0 Å². The Hall–Kier alpha value is -4.86. The summed E-state index contributed by atoms with van der Waals surface area (Å²) in [6, 6.07) is 48.3. The summed E-state index contributed by atoms with van der Waals surface area (Å²) >= 11 is 1.92. The van der Waals surface area contributed by atoms with Gasteiger partial charge in [-0.1, -0.05) is 91.0 Å². The third-order valence-electron chi connectivity index (χ3n) is 8.07. The molecule has 2 nitrogen and oxygen atoms in total. The van der Waals surface area contributed by atoms with E-state index < -0.39 is 0 Å². The van der Waals surface area contributed by atoms with Crippen LogP contribution in [-0.4, -0.2) is 9.13 Å². The van der Waals surface area contributed by atoms with Crippen LogP contribution in [0.15, 0.2) is 133 Å². The number of aromatic nitrogens is 2. The number of hydrogen-bond donors (Lipinski definition) is 0. The Morgan fingerprint density at radius 2 is 0.821 bits per heavy atom. The van der Waals surface area contributed by atoms with Crippen LogP contribution in [0.3, 0.4) is 0 Å². The fraction of sp³-hybridized carbons (Fsp3) is 0. The van der Waals surface area contributed by atoms with Crippen LogP contribution in [0.4, 0.5) is 0 Å². The third-order valence-corrected chi connectivity index (χ3v) is 9.26. The fourth-order valence-corrected chi connectivity index (χ4v) is 7.83. The van der Waals surface area contributed by atoms with Gasteiger partial charge in [0, 0.05) is 53.1 Å². The Bertz CT molecular complexity index is 2300. The quantitative estimate of drug-likeness (QED) is 0.217. The lowest BCUT2D eigenvalue weighted by Gasteiger charge is -2.11. The van der Waals surface area contributed by atoms with E-state index in [1.54, 1.807) is 0 Å². The van der Waals surface area contributed by atoms with Crippen molar-refractivity contribution in [2.24, 2.45) is 0 Å². The highest BCUT2D eigenvalue weighted by atomic mass is 32.1. The molecule has 3 heteroatoms. The molecule has 0 saturated carbocycles. The maximum atomic E-state index is 2.48. The zero-order valence-electron chi connectivity index (χ0n) is 21.0. The minimum atomic E-state index is 1.18. The predicted octanol–water partition coefficient (Wildman–Crippen LogP) is 10.2. The number of rotatable bonds is 2. The van der Waals surface area contributed by atoms with Crippen molar-refractivity contribution in [1.82, 2.24) is 9.13 Å². The van der Waals surface area contributed by atoms with Crippen LogP contribution in [-0.2, 0) is 0 Å². The standard InChI is InChI=1S/C36H22N2S/c1-3-13-23(14-4-1)37-28-20-10-7-17-25(28)31-34-32(36-33(35(31)37)27-19-9-12-22-30(27)39-36)26-18-8-11-21-29(26)38(34)24-15-5-2-6-16-24/h1-22H. The summed E-state index contributed by atoms with van der Waals surface area (Å²) in [7, 11) is 0. The van der Waals surface area contributed by atoms with Crippen LogP contribution in [0, 0.1) is 0 Å². The molecule has 0 aliphatic heterocycles. The number of nitrogens with zero attached hydrogens (tertiary/aromatic N) is 2. The molecule has 6 aromatic carbocycles. The molecule has 0 atom stereocenters. The minimum absolute atomic E-state index is 1.18. The largest absolute Gasteiger partial charge is 0.308 e. The molecule has 182 valence electrons. The molecule has 0 fully saturated rings. The van der Waals surface area contributed by atoms with E-state index >= 15 is 0 Å². The van der Waals surface area contributed by atoms with Gasteiger partial charge in [0.1, 0.15) is 0 Å². The molecule has 9 aromatic rings. The first kappa shape index (κ1) is 21.1. The molecule has 39 heavy (non-hydrogen) atoms. The smallest absolute Gasteiger partial charge is 0.0656 e. The Labute approximate surface area is 228 Å². The van der Waals surface area contributed by atoms with Crippen molar-refractivity contribution in [2.45, 2.75) is 0 Å². The second-order valence-electron chi connectivity index (χ2n) is 10.1. The van der Waals surface area contributed by atoms with Crippen molar-refractivity contribution in [3.05, 3.63) is 133 Å². The third kappa shape index (κ3) is 2.75. The Balaban J connectivity index is 1.70. The van der Waals surface area contributed by atoms with E-state index in [4.69, 9.17) is 0 Å². The molecule has 0 amide bonds. The maximum absolute atomic E-state index is 2.48. The van der Waals surface area contributed by atoms with Gasteiger partial charge in [-0.3, -0.25) is 0 Å². The molecular weight excluding hydrogens is 492 g/mol. The van der Waals surface area contributed by atoms with E-state index in [-0.39, 0.29) is 0 Å². The van der Waals surface area contributed by atoms with Gasteiger partial charge >= 0.3 is 0 Å². The van der Waals surface area contributed by atoms with Gasteiger partial charge in [0.15, 0.2) is 0 Å². The average Bonchev–Trinajstić information content (AvgIpc) is 3.66. The van der Waals surface area contributed by atoms with Gasteiger partial charge in [-0.2, -0.15) is 0 Å². The van der Waals surface area contributed by atoms with Gasteiger partial charge in [-0.25, -0.2) is 0 Å². The van der Waals surface area contributed by atoms with Gasteiger partial charge in [-0.05, 0) is 42.5 Å². The average molecular weight is 515 g/mol. The van der Waals surface area contributed by atoms with Gasteiger partial charge in [0.2, 0.25) is 0 Å². The van der Waals surface area contributed by atoms with Gasteiger partial charge in [0.25, 0.3) is 0 Å². The van der Waals surface area contributed by atoms with Crippen molar-refractivity contribution in [3.63, 3.8) is 0 Å². The Morgan fingerprint density at radius 1 is 0.385 bits per heavy atom. The molecular formula is C36H22N2S. The summed E-state index contributed by atoms with van der Waals surface area (Å²) in [6.07, 6.45) is 0. The zero-order chi connectivity index (χ0) is 25.5. The maximum Gasteiger partial charge on any atom is 0.0656 e. The van der Waals surface area contributed by atoms with Crippen molar-refractivity contribution < 1.29 is 0 Å². The Morgan fingerprint density at radius 3 is 1.41 bits per heavy atom. The van der Waals surface area contributed by atoms with E-state index in [1.165, 1.54) is 75.2 Å². The normalized spacial score (nSPS) is 12.1. The van der Waals surface area contributed by atoms with E-state index in [1.807, 2.05) is 11.3 Å². The van der Waals surface area contributed by atoms with Crippen LogP contribution < -0.4 is 0 Å². The number of benzene rings is 6. The van der Waals surface area contributed by atoms with Crippen LogP contribution in [0.25, 0.3) is 75.2 Å². The fourth-order valence-electron chi connectivity index (χ4n) is 6.57. The number of fused-ring (bicyclic) bond motifs is 12. The van der Waals surface area contributed by atoms with E-state index in [2.05, 4.69) is 143 Å². The van der Waals surface area contributed by atoms with Crippen molar-refractivity contribution in [3.8, 4) is 11.4 Å². The summed E-state index contributed by atoms with van der Waals surface area (Å²) in [5.74, 6) is 0. The van der Waals surface area contributed by atoms with Crippen molar-refractivity contribution >= 4 is 75.1 Å². The van der Waals surface area contributed by atoms with Crippen molar-refractivity contribution in [1.29, 1.82) is 0 Å². The molecule has 0 N–H and O–H groups in total. The monoisotopic (exact) mass is 514 g/mol. The molecule has 0 aliphatic rings. The molecule has 3 aromatic heterocycles. The lowest BCUT2D eigenvalue weighted by Crippen LogP contribution is -1.95. The van der Waals surface area contributed by atoms with Crippen LogP contribution in [0.5, 0.6) is 0 Å². The highest BCUT2D eigenvalue weighted by Crippen LogP contribution is 2.50. The van der Waals surface area contributed by atoms with Crippen LogP contribution >= 0.6 is 11.3 Å². The van der Waals surface area contributed by atoms with Gasteiger partial charge in [-0.15, -0.1) is 11.3 Å². The van der Waals surface area contributed by atoms with E-state index in [9.17, 15) is 0 Å². The van der Waals surface area contributed by atoms with Gasteiger partial charge in [0.05, 0.1) is 22.1 Å². The number of para-hydroxylation sites is 4. The molecule has 9 rings (SSSR count). The number of hydrogen-bond acceptors (Lipinski definition) is 1. The summed E-state index contributed by atoms with van der Waals surface area (Å²) in [5.41, 5.74) is 7.39. The van der Waals surface area contributed by atoms with Crippen molar-refractivity contribution in [2.75, 3.05) is 0 Å². The summed E-state index contributed by atoms with van der Waals surface area (Å²) in [4.78, 5) is 0. The summed E-state index contributed by atoms with van der Waals surface area (Å²) in [6.45, 7) is 0. The lowest BCUT2D eigenvalue weighted by atomic mass is 10.0. The van der Waals surface area contributed by atoms with Gasteiger partial charge < -0.3 is 9.13 Å². The Kier molecular flexibility index (Phi) is 4.24. The first-order valence-corrected chi connectivity index (χ1v) is 14.1. The predicted molar refractivity (Wildman–Crippen MR) is 168 cm³/mol. The molecule has 0 aliphatic carbocycles. The lowest BCUT2D eigenvalue weighted by molar-refractivity contribution is 1.18. The zero-order valence-corrected chi connectivity index (χ0v) is 21.8. The highest BCUT2D eigenvalue weighted by Gasteiger charge is 2.26. The van der Waals surface area contributed by atoms with Crippen LogP contribution in [0.2, 0.25) is 0 Å². The second-order valence-corrected chi connectivity index (χ2v) is 11.2. The first-order chi connectivity index (χ1) is 19.4. The first-order valence-electron chi connectivity index (χ1n) is 13.3. The highest BCUT2D eigenvalue weighted by molar-refractivity contribution is 7.27. The molecule has 0 saturated heterocycles. The second kappa shape index (κ2) is 7.83. The van der Waals surface area contributed by atoms with E-state index in [0.29, 0.717) is 0 Å². The SMILES string of the molecule is c1ccc(-n2c3ccccc3c3c4sc5ccccc5c4c4c(c5ccccc5n4-c4ccccc4)c32)cc1. The molecule has 3 heterocycles. The number of thiophene rings is 1. The molecule has 0 unspecified atom stereocenters. The molecule has 0 spiro atoms. The summed E-state index contributed by atoms with van der Waals surface area (Å²) < 4.78 is 7.64. The molecule has 0 radical (unpaired) electrons. The summed E-state index contributed by atoms with van der Waals surface area (Å²) in [5, 5.41) is 7.88.